The molecule has 1 unspecified atom stereocenters. The van der Waals surface area contributed by atoms with Crippen molar-refractivity contribution in [3.63, 3.8) is 0 Å². The van der Waals surface area contributed by atoms with Gasteiger partial charge < -0.3 is 0 Å². The lowest BCUT2D eigenvalue weighted by Gasteiger charge is -2.27. The van der Waals surface area contributed by atoms with Crippen LogP contribution in [-0.4, -0.2) is 0 Å². The molecule has 0 bridgehead atoms. The summed E-state index contributed by atoms with van der Waals surface area (Å²) in [4.78, 5) is 0. The first-order chi connectivity index (χ1) is 9.80. The van der Waals surface area contributed by atoms with Crippen molar-refractivity contribution in [2.75, 3.05) is 0 Å². The minimum atomic E-state index is 0.282. The monoisotopic (exact) mass is 266 g/mol. The molecule has 1 aliphatic rings. The molecule has 1 atom stereocenters. The van der Waals surface area contributed by atoms with Gasteiger partial charge >= 0.3 is 0 Å². The van der Waals surface area contributed by atoms with Gasteiger partial charge in [0.1, 0.15) is 0 Å². The maximum atomic E-state index is 2.56. The minimum absolute atomic E-state index is 0.282. The number of fused-ring (bicyclic) bond motifs is 3. The Hall–Kier alpha value is -1.63. The van der Waals surface area contributed by atoms with E-state index in [9.17, 15) is 0 Å². The summed E-state index contributed by atoms with van der Waals surface area (Å²) >= 11 is 0. The molecule has 1 aromatic heterocycles. The van der Waals surface area contributed by atoms with Crippen LogP contribution in [0.3, 0.4) is 0 Å². The highest BCUT2D eigenvalue weighted by molar-refractivity contribution is 5.61. The molecule has 0 radical (unpaired) electrons. The van der Waals surface area contributed by atoms with E-state index >= 15 is 0 Å². The van der Waals surface area contributed by atoms with Crippen LogP contribution in [0.5, 0.6) is 0 Å². The standard InChI is InChI=1S/C19H24N/c1-3-13-19(4-2)14-12-16-9-5-6-10-17(16)18-11-7-8-15-20(18)19/h5-11,15H,3-4,12-14H2,1-2H3/q+1. The Kier molecular flexibility index (Phi) is 3.60. The molecule has 0 saturated carbocycles. The third-order valence-corrected chi connectivity index (χ3v) is 4.90. The second kappa shape index (κ2) is 5.40. The SMILES string of the molecule is CCCC1(CC)CCc2ccccc2-c2cccc[n+]21. The fraction of sp³-hybridized carbons (Fsp3) is 0.421. The van der Waals surface area contributed by atoms with E-state index in [1.54, 1.807) is 0 Å². The normalized spacial score (nSPS) is 20.9. The van der Waals surface area contributed by atoms with E-state index in [2.05, 4.69) is 67.1 Å². The van der Waals surface area contributed by atoms with Gasteiger partial charge in [0.05, 0.1) is 0 Å². The lowest BCUT2D eigenvalue weighted by Crippen LogP contribution is -2.56. The number of nitrogens with zero attached hydrogens (tertiary/aromatic N) is 1. The Morgan fingerprint density at radius 1 is 1.05 bits per heavy atom. The molecule has 1 aliphatic heterocycles. The van der Waals surface area contributed by atoms with Gasteiger partial charge in [0, 0.05) is 37.0 Å². The van der Waals surface area contributed by atoms with E-state index in [-0.39, 0.29) is 5.54 Å². The Balaban J connectivity index is 2.23. The van der Waals surface area contributed by atoms with E-state index in [0.29, 0.717) is 0 Å². The highest BCUT2D eigenvalue weighted by Gasteiger charge is 2.41. The summed E-state index contributed by atoms with van der Waals surface area (Å²) in [6.07, 6.45) is 8.43. The second-order valence-electron chi connectivity index (χ2n) is 5.94. The largest absolute Gasteiger partial charge is 0.213 e. The van der Waals surface area contributed by atoms with Crippen molar-refractivity contribution in [2.45, 2.75) is 51.5 Å². The Morgan fingerprint density at radius 2 is 1.85 bits per heavy atom. The highest BCUT2D eigenvalue weighted by Crippen LogP contribution is 2.35. The zero-order chi connectivity index (χ0) is 14.0. The van der Waals surface area contributed by atoms with Gasteiger partial charge in [0.2, 0.25) is 5.69 Å². The van der Waals surface area contributed by atoms with Gasteiger partial charge in [-0.15, -0.1) is 0 Å². The molecule has 1 nitrogen and oxygen atoms in total. The van der Waals surface area contributed by atoms with Gasteiger partial charge in [0.15, 0.2) is 11.7 Å². The number of rotatable bonds is 3. The van der Waals surface area contributed by atoms with Gasteiger partial charge in [-0.1, -0.05) is 32.0 Å². The summed E-state index contributed by atoms with van der Waals surface area (Å²) < 4.78 is 2.56. The van der Waals surface area contributed by atoms with Crippen LogP contribution in [0.4, 0.5) is 0 Å². The van der Waals surface area contributed by atoms with E-state index in [1.165, 1.54) is 48.9 Å². The molecular formula is C19H24N+. The summed E-state index contributed by atoms with van der Waals surface area (Å²) in [5, 5.41) is 0. The summed E-state index contributed by atoms with van der Waals surface area (Å²) in [7, 11) is 0. The molecule has 0 aliphatic carbocycles. The molecule has 1 heteroatoms. The summed E-state index contributed by atoms with van der Waals surface area (Å²) in [6.45, 7) is 4.65. The van der Waals surface area contributed by atoms with Crippen LogP contribution in [0.2, 0.25) is 0 Å². The lowest BCUT2D eigenvalue weighted by molar-refractivity contribution is -0.757. The summed E-state index contributed by atoms with van der Waals surface area (Å²) in [5.74, 6) is 0. The molecule has 0 saturated heterocycles. The maximum absolute atomic E-state index is 2.56. The number of pyridine rings is 1. The smallest absolute Gasteiger partial charge is 0.193 e. The summed E-state index contributed by atoms with van der Waals surface area (Å²) in [5.41, 5.74) is 4.58. The van der Waals surface area contributed by atoms with Gasteiger partial charge in [-0.2, -0.15) is 4.57 Å². The van der Waals surface area contributed by atoms with Crippen LogP contribution < -0.4 is 4.57 Å². The van der Waals surface area contributed by atoms with Crippen LogP contribution in [0.15, 0.2) is 48.7 Å². The average molecular weight is 266 g/mol. The lowest BCUT2D eigenvalue weighted by atomic mass is 9.85. The molecule has 0 N–H and O–H groups in total. The molecule has 3 rings (SSSR count). The van der Waals surface area contributed by atoms with Crippen LogP contribution in [0.25, 0.3) is 11.3 Å². The van der Waals surface area contributed by atoms with Crippen LogP contribution in [0.1, 0.15) is 45.1 Å². The van der Waals surface area contributed by atoms with Crippen molar-refractivity contribution in [3.05, 3.63) is 54.2 Å². The van der Waals surface area contributed by atoms with Crippen LogP contribution >= 0.6 is 0 Å². The molecule has 0 amide bonds. The van der Waals surface area contributed by atoms with E-state index in [4.69, 9.17) is 0 Å². The Bertz CT molecular complexity index is 602. The zero-order valence-corrected chi connectivity index (χ0v) is 12.6. The predicted molar refractivity (Wildman–Crippen MR) is 83.6 cm³/mol. The third-order valence-electron chi connectivity index (χ3n) is 4.90. The van der Waals surface area contributed by atoms with Crippen molar-refractivity contribution >= 4 is 0 Å². The predicted octanol–water partition coefficient (Wildman–Crippen LogP) is 4.49. The first-order valence-corrected chi connectivity index (χ1v) is 7.90. The Labute approximate surface area is 122 Å². The quantitative estimate of drug-likeness (QED) is 0.721. The fourth-order valence-electron chi connectivity index (χ4n) is 3.79. The van der Waals surface area contributed by atoms with Crippen molar-refractivity contribution in [1.82, 2.24) is 0 Å². The highest BCUT2D eigenvalue weighted by atomic mass is 15.1. The second-order valence-corrected chi connectivity index (χ2v) is 5.94. The van der Waals surface area contributed by atoms with E-state index in [1.807, 2.05) is 0 Å². The van der Waals surface area contributed by atoms with Gasteiger partial charge in [-0.3, -0.25) is 0 Å². The van der Waals surface area contributed by atoms with E-state index in [0.717, 1.165) is 0 Å². The van der Waals surface area contributed by atoms with E-state index < -0.39 is 0 Å². The van der Waals surface area contributed by atoms with Crippen molar-refractivity contribution in [3.8, 4) is 11.3 Å². The number of aryl methyl sites for hydroxylation is 1. The zero-order valence-electron chi connectivity index (χ0n) is 12.6. The van der Waals surface area contributed by atoms with Crippen LogP contribution in [-0.2, 0) is 12.0 Å². The van der Waals surface area contributed by atoms with Crippen LogP contribution in [0, 0.1) is 0 Å². The molecule has 104 valence electrons. The number of hydrogen-bond acceptors (Lipinski definition) is 0. The summed E-state index contributed by atoms with van der Waals surface area (Å²) in [6, 6.07) is 15.5. The third kappa shape index (κ3) is 2.06. The maximum Gasteiger partial charge on any atom is 0.213 e. The van der Waals surface area contributed by atoms with Crippen molar-refractivity contribution in [1.29, 1.82) is 0 Å². The van der Waals surface area contributed by atoms with Gasteiger partial charge in [-0.05, 0) is 30.5 Å². The number of benzene rings is 1. The first-order valence-electron chi connectivity index (χ1n) is 7.90. The fourth-order valence-corrected chi connectivity index (χ4v) is 3.79. The van der Waals surface area contributed by atoms with Crippen molar-refractivity contribution < 1.29 is 4.57 Å². The molecule has 0 spiro atoms. The Morgan fingerprint density at radius 3 is 2.65 bits per heavy atom. The molecular weight excluding hydrogens is 242 g/mol. The minimum Gasteiger partial charge on any atom is -0.193 e. The average Bonchev–Trinajstić information content (AvgIpc) is 2.65. The van der Waals surface area contributed by atoms with Gasteiger partial charge in [0.25, 0.3) is 0 Å². The molecule has 1 aromatic carbocycles. The van der Waals surface area contributed by atoms with Gasteiger partial charge in [-0.25, -0.2) is 0 Å². The molecule has 2 aromatic rings. The first kappa shape index (κ1) is 13.4. The molecule has 20 heavy (non-hydrogen) atoms. The number of hydrogen-bond donors (Lipinski definition) is 0. The number of aromatic nitrogens is 1. The topological polar surface area (TPSA) is 3.88 Å². The van der Waals surface area contributed by atoms with Crippen molar-refractivity contribution in [2.24, 2.45) is 0 Å². The molecule has 2 heterocycles. The molecule has 0 fully saturated rings.